The number of rotatable bonds is 4. The summed E-state index contributed by atoms with van der Waals surface area (Å²) in [6.07, 6.45) is 0.745. The number of nitrogens with zero attached hydrogens (tertiary/aromatic N) is 1. The van der Waals surface area contributed by atoms with Gasteiger partial charge in [-0.25, -0.2) is 17.2 Å². The third-order valence-electron chi connectivity index (χ3n) is 2.92. The van der Waals surface area contributed by atoms with Crippen LogP contribution in [0.4, 0.5) is 14.5 Å². The summed E-state index contributed by atoms with van der Waals surface area (Å²) in [5.41, 5.74) is -0.289. The van der Waals surface area contributed by atoms with E-state index < -0.39 is 37.5 Å². The van der Waals surface area contributed by atoms with E-state index in [4.69, 9.17) is 23.2 Å². The zero-order chi connectivity index (χ0) is 18.1. The molecule has 2 rings (SSSR count). The first-order chi connectivity index (χ1) is 11.2. The molecule has 0 N–H and O–H groups in total. The van der Waals surface area contributed by atoms with Crippen LogP contribution in [0.25, 0.3) is 0 Å². The molecule has 0 atom stereocenters. The Morgan fingerprint density at radius 1 is 1.04 bits per heavy atom. The van der Waals surface area contributed by atoms with Crippen LogP contribution in [0.3, 0.4) is 0 Å². The molecule has 4 nitrogen and oxygen atoms in total. The van der Waals surface area contributed by atoms with Crippen molar-refractivity contribution in [2.75, 3.05) is 4.31 Å². The number of halogens is 4. The first kappa shape index (κ1) is 18.4. The highest BCUT2D eigenvalue weighted by atomic mass is 35.5. The van der Waals surface area contributed by atoms with Gasteiger partial charge in [-0.05, 0) is 42.5 Å². The normalized spacial score (nSPS) is 11.2. The second-order valence-corrected chi connectivity index (χ2v) is 7.05. The third-order valence-corrected chi connectivity index (χ3v) is 5.41. The summed E-state index contributed by atoms with van der Waals surface area (Å²) in [4.78, 5) is 11.6. The summed E-state index contributed by atoms with van der Waals surface area (Å²) in [7, 11) is -4.54. The first-order valence-electron chi connectivity index (χ1n) is 6.30. The van der Waals surface area contributed by atoms with Gasteiger partial charge in [0.2, 0.25) is 0 Å². The molecule has 2 aromatic rings. The molecule has 0 fully saturated rings. The molecule has 0 aromatic heterocycles. The number of amides is 1. The highest BCUT2D eigenvalue weighted by Crippen LogP contribution is 2.33. The van der Waals surface area contributed by atoms with Crippen molar-refractivity contribution < 1.29 is 22.0 Å². The van der Waals surface area contributed by atoms with Gasteiger partial charge in [0.1, 0.15) is 16.5 Å². The van der Waals surface area contributed by atoms with E-state index in [-0.39, 0.29) is 10.7 Å². The Morgan fingerprint density at radius 3 is 2.08 bits per heavy atom. The SMILES string of the molecule is C=CC(=O)N(c1ccc(F)cc1Cl)S(=O)(=O)c1ccc(F)cc1Cl. The van der Waals surface area contributed by atoms with Crippen LogP contribution < -0.4 is 4.31 Å². The lowest BCUT2D eigenvalue weighted by molar-refractivity contribution is -0.113. The molecule has 2 aromatic carbocycles. The Balaban J connectivity index is 2.71. The summed E-state index contributed by atoms with van der Waals surface area (Å²) in [5, 5.41) is -0.734. The zero-order valence-corrected chi connectivity index (χ0v) is 14.2. The first-order valence-corrected chi connectivity index (χ1v) is 8.50. The van der Waals surface area contributed by atoms with Gasteiger partial charge in [0, 0.05) is 0 Å². The van der Waals surface area contributed by atoms with E-state index in [1.807, 2.05) is 0 Å². The van der Waals surface area contributed by atoms with E-state index in [1.54, 1.807) is 0 Å². The van der Waals surface area contributed by atoms with E-state index in [9.17, 15) is 22.0 Å². The Bertz CT molecular complexity index is 932. The van der Waals surface area contributed by atoms with E-state index in [0.29, 0.717) is 4.31 Å². The van der Waals surface area contributed by atoms with Gasteiger partial charge >= 0.3 is 0 Å². The molecule has 0 bridgehead atoms. The van der Waals surface area contributed by atoms with Crippen LogP contribution in [0.1, 0.15) is 0 Å². The summed E-state index contributed by atoms with van der Waals surface area (Å²) in [6.45, 7) is 3.23. The average molecular weight is 392 g/mol. The fourth-order valence-electron chi connectivity index (χ4n) is 1.88. The van der Waals surface area contributed by atoms with Crippen LogP contribution >= 0.6 is 23.2 Å². The molecule has 0 radical (unpaired) electrons. The fourth-order valence-corrected chi connectivity index (χ4v) is 4.11. The largest absolute Gasteiger partial charge is 0.272 e. The van der Waals surface area contributed by atoms with Crippen LogP contribution in [0, 0.1) is 11.6 Å². The summed E-state index contributed by atoms with van der Waals surface area (Å²) in [6, 6.07) is 5.38. The minimum Gasteiger partial charge on any atom is -0.268 e. The van der Waals surface area contributed by atoms with Crippen LogP contribution in [0.15, 0.2) is 53.9 Å². The Morgan fingerprint density at radius 2 is 1.58 bits per heavy atom. The van der Waals surface area contributed by atoms with Crippen molar-refractivity contribution in [1.82, 2.24) is 0 Å². The molecule has 24 heavy (non-hydrogen) atoms. The smallest absolute Gasteiger partial charge is 0.268 e. The number of sulfonamides is 1. The minimum absolute atomic E-state index is 0.289. The third kappa shape index (κ3) is 3.43. The fraction of sp³-hybridized carbons (Fsp3) is 0. The van der Waals surface area contributed by atoms with Crippen molar-refractivity contribution in [3.05, 3.63) is 70.7 Å². The monoisotopic (exact) mass is 391 g/mol. The van der Waals surface area contributed by atoms with Gasteiger partial charge in [-0.3, -0.25) is 4.79 Å². The summed E-state index contributed by atoms with van der Waals surface area (Å²) >= 11 is 11.6. The topological polar surface area (TPSA) is 54.5 Å². The van der Waals surface area contributed by atoms with Crippen LogP contribution in [0.2, 0.25) is 10.0 Å². The molecule has 0 aliphatic carbocycles. The van der Waals surface area contributed by atoms with Crippen molar-refractivity contribution in [2.24, 2.45) is 0 Å². The molecule has 0 saturated carbocycles. The van der Waals surface area contributed by atoms with Crippen molar-refractivity contribution in [3.63, 3.8) is 0 Å². The van der Waals surface area contributed by atoms with Crippen LogP contribution in [-0.4, -0.2) is 14.3 Å². The summed E-state index contributed by atoms with van der Waals surface area (Å²) in [5.74, 6) is -2.50. The average Bonchev–Trinajstić information content (AvgIpc) is 2.48. The van der Waals surface area contributed by atoms with E-state index in [0.717, 1.165) is 42.5 Å². The van der Waals surface area contributed by atoms with E-state index in [1.165, 1.54) is 0 Å². The van der Waals surface area contributed by atoms with Crippen LogP contribution in [0.5, 0.6) is 0 Å². The van der Waals surface area contributed by atoms with Gasteiger partial charge in [0.15, 0.2) is 0 Å². The number of anilines is 1. The maximum atomic E-state index is 13.2. The van der Waals surface area contributed by atoms with Gasteiger partial charge in [-0.15, -0.1) is 0 Å². The van der Waals surface area contributed by atoms with Gasteiger partial charge in [-0.1, -0.05) is 29.8 Å². The second-order valence-electron chi connectivity index (χ2n) is 4.48. The van der Waals surface area contributed by atoms with Gasteiger partial charge < -0.3 is 0 Å². The zero-order valence-electron chi connectivity index (χ0n) is 11.8. The van der Waals surface area contributed by atoms with Gasteiger partial charge in [0.05, 0.1) is 15.7 Å². The maximum absolute atomic E-state index is 13.2. The Labute approximate surface area is 147 Å². The number of benzene rings is 2. The highest BCUT2D eigenvalue weighted by molar-refractivity contribution is 7.93. The number of carbonyl (C=O) groups is 1. The standard InChI is InChI=1S/C15H9Cl2F2NO3S/c1-2-15(21)20(13-5-3-9(18)7-11(13)16)24(22,23)14-6-4-10(19)8-12(14)17/h2-8H,1H2. The lowest BCUT2D eigenvalue weighted by atomic mass is 10.3. The Kier molecular flexibility index (Phi) is 5.27. The highest BCUT2D eigenvalue weighted by Gasteiger charge is 2.33. The van der Waals surface area contributed by atoms with Crippen molar-refractivity contribution >= 4 is 44.8 Å². The van der Waals surface area contributed by atoms with Gasteiger partial charge in [-0.2, -0.15) is 4.31 Å². The van der Waals surface area contributed by atoms with Crippen molar-refractivity contribution in [2.45, 2.75) is 4.90 Å². The quantitative estimate of drug-likeness (QED) is 0.734. The molecule has 0 saturated heterocycles. The maximum Gasteiger partial charge on any atom is 0.272 e. The number of hydrogen-bond donors (Lipinski definition) is 0. The predicted octanol–water partition coefficient (Wildman–Crippen LogP) is 4.18. The lowest BCUT2D eigenvalue weighted by Crippen LogP contribution is -2.36. The minimum atomic E-state index is -4.54. The van der Waals surface area contributed by atoms with Crippen molar-refractivity contribution in [1.29, 1.82) is 0 Å². The number of hydrogen-bond acceptors (Lipinski definition) is 3. The lowest BCUT2D eigenvalue weighted by Gasteiger charge is -2.22. The molecule has 0 spiro atoms. The molecule has 0 unspecified atom stereocenters. The predicted molar refractivity (Wildman–Crippen MR) is 87.7 cm³/mol. The molecule has 9 heteroatoms. The molecular formula is C15H9Cl2F2NO3S. The second kappa shape index (κ2) is 6.88. The molecule has 0 aliphatic heterocycles. The molecular weight excluding hydrogens is 383 g/mol. The van der Waals surface area contributed by atoms with Gasteiger partial charge in [0.25, 0.3) is 15.9 Å². The molecule has 1 amide bonds. The van der Waals surface area contributed by atoms with Crippen molar-refractivity contribution in [3.8, 4) is 0 Å². The molecule has 0 heterocycles. The Hall–Kier alpha value is -1.96. The summed E-state index contributed by atoms with van der Waals surface area (Å²) < 4.78 is 52.3. The van der Waals surface area contributed by atoms with E-state index >= 15 is 0 Å². The molecule has 126 valence electrons. The number of carbonyl (C=O) groups excluding carboxylic acids is 1. The van der Waals surface area contributed by atoms with Crippen LogP contribution in [-0.2, 0) is 14.8 Å². The van der Waals surface area contributed by atoms with E-state index in [2.05, 4.69) is 6.58 Å². The molecule has 0 aliphatic rings.